The molecule has 2 N–H and O–H groups in total. The fraction of sp³-hybridized carbons (Fsp3) is 0.917. The van der Waals surface area contributed by atoms with E-state index in [2.05, 4.69) is 31.4 Å². The number of carbonyl (C=O) groups excluding carboxylic acids is 1. The van der Waals surface area contributed by atoms with E-state index in [4.69, 9.17) is 0 Å². The molecule has 1 aliphatic heterocycles. The van der Waals surface area contributed by atoms with Crippen molar-refractivity contribution in [3.8, 4) is 0 Å². The van der Waals surface area contributed by atoms with Crippen molar-refractivity contribution in [3.63, 3.8) is 0 Å². The molecule has 0 spiro atoms. The highest BCUT2D eigenvalue weighted by molar-refractivity contribution is 5.85. The minimum atomic E-state index is 0. The van der Waals surface area contributed by atoms with Gasteiger partial charge in [-0.3, -0.25) is 4.79 Å². The lowest BCUT2D eigenvalue weighted by atomic mass is 9.81. The van der Waals surface area contributed by atoms with Crippen molar-refractivity contribution >= 4 is 18.3 Å². The summed E-state index contributed by atoms with van der Waals surface area (Å²) in [6.45, 7) is 10.3. The molecule has 1 saturated heterocycles. The maximum atomic E-state index is 11.9. The number of halogens is 1. The molecule has 1 fully saturated rings. The fourth-order valence-electron chi connectivity index (χ4n) is 1.69. The second-order valence-electron chi connectivity index (χ2n) is 5.64. The number of piperidine rings is 1. The molecule has 1 aliphatic rings. The molecule has 0 radical (unpaired) electrons. The number of hydrogen-bond acceptors (Lipinski definition) is 2. The van der Waals surface area contributed by atoms with Crippen molar-refractivity contribution in [2.45, 2.75) is 46.6 Å². The molecule has 0 aromatic rings. The van der Waals surface area contributed by atoms with Gasteiger partial charge < -0.3 is 10.6 Å². The predicted molar refractivity (Wildman–Crippen MR) is 69.9 cm³/mol. The van der Waals surface area contributed by atoms with Crippen LogP contribution in [0.2, 0.25) is 0 Å². The second kappa shape index (κ2) is 6.45. The van der Waals surface area contributed by atoms with Gasteiger partial charge in [0.1, 0.15) is 0 Å². The minimum Gasteiger partial charge on any atom is -0.352 e. The lowest BCUT2D eigenvalue weighted by Crippen LogP contribution is -2.48. The maximum absolute atomic E-state index is 11.9. The molecule has 1 unspecified atom stereocenters. The van der Waals surface area contributed by atoms with Crippen molar-refractivity contribution in [1.29, 1.82) is 0 Å². The summed E-state index contributed by atoms with van der Waals surface area (Å²) in [5.74, 6) is 0.260. The highest BCUT2D eigenvalue weighted by Gasteiger charge is 2.28. The Kier molecular flexibility index (Phi) is 6.34. The number of nitrogens with one attached hydrogen (secondary N) is 2. The summed E-state index contributed by atoms with van der Waals surface area (Å²) in [5, 5.41) is 6.43. The first-order valence-electron chi connectivity index (χ1n) is 5.92. The van der Waals surface area contributed by atoms with Crippen LogP contribution >= 0.6 is 12.4 Å². The largest absolute Gasteiger partial charge is 0.352 e. The molecule has 16 heavy (non-hydrogen) atoms. The van der Waals surface area contributed by atoms with Gasteiger partial charge in [0.2, 0.25) is 5.91 Å². The average Bonchev–Trinajstić information content (AvgIpc) is 2.16. The van der Waals surface area contributed by atoms with Crippen LogP contribution in [0.4, 0.5) is 0 Å². The van der Waals surface area contributed by atoms with Crippen LogP contribution in [0, 0.1) is 11.3 Å². The van der Waals surface area contributed by atoms with Gasteiger partial charge in [-0.1, -0.05) is 27.7 Å². The molecule has 0 aliphatic carbocycles. The molecule has 0 bridgehead atoms. The van der Waals surface area contributed by atoms with E-state index < -0.39 is 0 Å². The number of amides is 1. The standard InChI is InChI=1S/C12H24N2O.ClH/c1-9(12(2,3)4)11(15)14-10-6-5-7-13-8-10;/h9-10,13H,5-8H2,1-4H3,(H,14,15);1H/t9?,10-;/m0./s1. The Balaban J connectivity index is 0.00000225. The molecule has 1 rings (SSSR count). The first-order chi connectivity index (χ1) is 6.91. The van der Waals surface area contributed by atoms with Gasteiger partial charge in [0.05, 0.1) is 0 Å². The van der Waals surface area contributed by atoms with Crippen molar-refractivity contribution in [2.24, 2.45) is 11.3 Å². The third-order valence-corrected chi connectivity index (χ3v) is 3.34. The Labute approximate surface area is 105 Å². The van der Waals surface area contributed by atoms with E-state index in [-0.39, 0.29) is 29.6 Å². The Morgan fingerprint density at radius 2 is 2.06 bits per heavy atom. The monoisotopic (exact) mass is 248 g/mol. The van der Waals surface area contributed by atoms with E-state index >= 15 is 0 Å². The molecule has 2 atom stereocenters. The van der Waals surface area contributed by atoms with E-state index in [1.54, 1.807) is 0 Å². The summed E-state index contributed by atoms with van der Waals surface area (Å²) in [4.78, 5) is 11.9. The lowest BCUT2D eigenvalue weighted by molar-refractivity contribution is -0.128. The van der Waals surface area contributed by atoms with Gasteiger partial charge >= 0.3 is 0 Å². The quantitative estimate of drug-likeness (QED) is 0.785. The van der Waals surface area contributed by atoms with Crippen LogP contribution in [0.3, 0.4) is 0 Å². The fourth-order valence-corrected chi connectivity index (χ4v) is 1.69. The van der Waals surface area contributed by atoms with Crippen LogP contribution in [-0.4, -0.2) is 25.0 Å². The van der Waals surface area contributed by atoms with Crippen LogP contribution in [0.25, 0.3) is 0 Å². The molecular formula is C12H25ClN2O. The van der Waals surface area contributed by atoms with Gasteiger partial charge in [0.25, 0.3) is 0 Å². The maximum Gasteiger partial charge on any atom is 0.223 e. The smallest absolute Gasteiger partial charge is 0.223 e. The van der Waals surface area contributed by atoms with Crippen molar-refractivity contribution in [1.82, 2.24) is 10.6 Å². The van der Waals surface area contributed by atoms with Gasteiger partial charge in [-0.15, -0.1) is 12.4 Å². The van der Waals surface area contributed by atoms with E-state index in [1.165, 1.54) is 0 Å². The number of rotatable bonds is 2. The van der Waals surface area contributed by atoms with Crippen molar-refractivity contribution in [2.75, 3.05) is 13.1 Å². The van der Waals surface area contributed by atoms with Crippen LogP contribution in [-0.2, 0) is 4.79 Å². The average molecular weight is 249 g/mol. The van der Waals surface area contributed by atoms with Crippen molar-refractivity contribution < 1.29 is 4.79 Å². The molecule has 0 saturated carbocycles. The molecule has 0 aromatic heterocycles. The zero-order valence-corrected chi connectivity index (χ0v) is 11.6. The van der Waals surface area contributed by atoms with E-state index in [0.717, 1.165) is 25.9 Å². The number of hydrogen-bond donors (Lipinski definition) is 2. The molecule has 96 valence electrons. The Morgan fingerprint density at radius 1 is 1.44 bits per heavy atom. The van der Waals surface area contributed by atoms with Crippen LogP contribution in [0.5, 0.6) is 0 Å². The van der Waals surface area contributed by atoms with Gasteiger partial charge in [-0.05, 0) is 24.8 Å². The molecular weight excluding hydrogens is 224 g/mol. The third-order valence-electron chi connectivity index (χ3n) is 3.34. The molecule has 1 amide bonds. The summed E-state index contributed by atoms with van der Waals surface area (Å²) in [6.07, 6.45) is 2.27. The Hall–Kier alpha value is -0.280. The highest BCUT2D eigenvalue weighted by Crippen LogP contribution is 2.25. The number of carbonyl (C=O) groups is 1. The van der Waals surface area contributed by atoms with Gasteiger partial charge in [0, 0.05) is 18.5 Å². The first-order valence-corrected chi connectivity index (χ1v) is 5.92. The van der Waals surface area contributed by atoms with E-state index in [1.807, 2.05) is 6.92 Å². The van der Waals surface area contributed by atoms with E-state index in [9.17, 15) is 4.79 Å². The van der Waals surface area contributed by atoms with Crippen molar-refractivity contribution in [3.05, 3.63) is 0 Å². The van der Waals surface area contributed by atoms with Gasteiger partial charge in [-0.25, -0.2) is 0 Å². The summed E-state index contributed by atoms with van der Waals surface area (Å²) >= 11 is 0. The van der Waals surface area contributed by atoms with Crippen LogP contribution in [0.15, 0.2) is 0 Å². The highest BCUT2D eigenvalue weighted by atomic mass is 35.5. The minimum absolute atomic E-state index is 0. The lowest BCUT2D eigenvalue weighted by Gasteiger charge is -2.30. The molecule has 3 nitrogen and oxygen atoms in total. The topological polar surface area (TPSA) is 41.1 Å². The first kappa shape index (κ1) is 15.7. The molecule has 4 heteroatoms. The summed E-state index contributed by atoms with van der Waals surface area (Å²) in [5.41, 5.74) is 0.0478. The zero-order chi connectivity index (χ0) is 11.5. The summed E-state index contributed by atoms with van der Waals surface area (Å²) in [6, 6.07) is 0.330. The molecule has 1 heterocycles. The van der Waals surface area contributed by atoms with Gasteiger partial charge in [0.15, 0.2) is 0 Å². The van der Waals surface area contributed by atoms with Gasteiger partial charge in [-0.2, -0.15) is 0 Å². The summed E-state index contributed by atoms with van der Waals surface area (Å²) in [7, 11) is 0. The second-order valence-corrected chi connectivity index (χ2v) is 5.64. The Morgan fingerprint density at radius 3 is 2.50 bits per heavy atom. The molecule has 0 aromatic carbocycles. The predicted octanol–water partition coefficient (Wildman–Crippen LogP) is 1.96. The van der Waals surface area contributed by atoms with Crippen LogP contribution in [0.1, 0.15) is 40.5 Å². The van der Waals surface area contributed by atoms with Crippen LogP contribution < -0.4 is 10.6 Å². The zero-order valence-electron chi connectivity index (χ0n) is 10.8. The summed E-state index contributed by atoms with van der Waals surface area (Å²) < 4.78 is 0. The normalized spacial score (nSPS) is 23.1. The SMILES string of the molecule is CC(C(=O)N[C@H]1CCCNC1)C(C)(C)C.Cl. The third kappa shape index (κ3) is 4.71. The van der Waals surface area contributed by atoms with E-state index in [0.29, 0.717) is 6.04 Å². The Bertz CT molecular complexity index is 220.